The van der Waals surface area contributed by atoms with Crippen LogP contribution in [0.25, 0.3) is 0 Å². The molecule has 3 aromatic rings. The van der Waals surface area contributed by atoms with Crippen molar-refractivity contribution in [3.63, 3.8) is 0 Å². The fourth-order valence-corrected chi connectivity index (χ4v) is 2.62. The normalized spacial score (nSPS) is 10.8. The van der Waals surface area contributed by atoms with E-state index in [4.69, 9.17) is 4.74 Å². The van der Waals surface area contributed by atoms with Crippen LogP contribution >= 0.6 is 0 Å². The lowest BCUT2D eigenvalue weighted by molar-refractivity contribution is 0.0777. The van der Waals surface area contributed by atoms with E-state index >= 15 is 0 Å². The van der Waals surface area contributed by atoms with Gasteiger partial charge in [0.05, 0.1) is 6.20 Å². The van der Waals surface area contributed by atoms with E-state index in [1.807, 2.05) is 45.2 Å². The van der Waals surface area contributed by atoms with Crippen LogP contribution < -0.4 is 4.74 Å². The predicted octanol–water partition coefficient (Wildman–Crippen LogP) is 2.54. The number of hydrogen-bond donors (Lipinski definition) is 0. The van der Waals surface area contributed by atoms with Crippen molar-refractivity contribution in [1.82, 2.24) is 24.5 Å². The van der Waals surface area contributed by atoms with E-state index in [9.17, 15) is 4.79 Å². The van der Waals surface area contributed by atoms with Gasteiger partial charge in [-0.25, -0.2) is 4.68 Å². The SMILES string of the molecule is Cc1ccccc1OCn1ccc(C(=O)N(C)Cc2cnn(C)c2C)n1. The van der Waals surface area contributed by atoms with Gasteiger partial charge in [0.2, 0.25) is 0 Å². The summed E-state index contributed by atoms with van der Waals surface area (Å²) >= 11 is 0. The summed E-state index contributed by atoms with van der Waals surface area (Å²) in [6.07, 6.45) is 3.53. The summed E-state index contributed by atoms with van der Waals surface area (Å²) in [4.78, 5) is 14.2. The molecule has 3 rings (SSSR count). The Labute approximate surface area is 152 Å². The summed E-state index contributed by atoms with van der Waals surface area (Å²) in [6.45, 7) is 4.72. The van der Waals surface area contributed by atoms with Gasteiger partial charge in [-0.3, -0.25) is 9.48 Å². The van der Waals surface area contributed by atoms with Crippen LogP contribution in [0, 0.1) is 13.8 Å². The minimum atomic E-state index is -0.136. The molecule has 0 N–H and O–H groups in total. The summed E-state index contributed by atoms with van der Waals surface area (Å²) in [7, 11) is 3.65. The van der Waals surface area contributed by atoms with Gasteiger partial charge in [0, 0.05) is 38.1 Å². The molecule has 136 valence electrons. The van der Waals surface area contributed by atoms with Crippen molar-refractivity contribution < 1.29 is 9.53 Å². The van der Waals surface area contributed by atoms with E-state index in [-0.39, 0.29) is 12.6 Å². The summed E-state index contributed by atoms with van der Waals surface area (Å²) in [5, 5.41) is 8.53. The lowest BCUT2D eigenvalue weighted by Gasteiger charge is -2.15. The van der Waals surface area contributed by atoms with Crippen molar-refractivity contribution >= 4 is 5.91 Å². The largest absolute Gasteiger partial charge is 0.471 e. The van der Waals surface area contributed by atoms with E-state index in [2.05, 4.69) is 10.2 Å². The molecule has 0 aliphatic heterocycles. The first-order valence-electron chi connectivity index (χ1n) is 8.40. The fourth-order valence-electron chi connectivity index (χ4n) is 2.62. The van der Waals surface area contributed by atoms with E-state index in [0.29, 0.717) is 12.2 Å². The molecule has 2 aromatic heterocycles. The maximum Gasteiger partial charge on any atom is 0.274 e. The highest BCUT2D eigenvalue weighted by Crippen LogP contribution is 2.16. The van der Waals surface area contributed by atoms with Crippen LogP contribution in [0.5, 0.6) is 5.75 Å². The topological polar surface area (TPSA) is 65.2 Å². The summed E-state index contributed by atoms with van der Waals surface area (Å²) in [5.41, 5.74) is 3.51. The third kappa shape index (κ3) is 3.77. The number of nitrogens with zero attached hydrogens (tertiary/aromatic N) is 5. The maximum absolute atomic E-state index is 12.6. The maximum atomic E-state index is 12.6. The Balaban J connectivity index is 1.62. The van der Waals surface area contributed by atoms with Crippen molar-refractivity contribution in [3.05, 3.63) is 65.2 Å². The van der Waals surface area contributed by atoms with Crippen molar-refractivity contribution in [2.24, 2.45) is 7.05 Å². The first-order chi connectivity index (χ1) is 12.5. The van der Waals surface area contributed by atoms with Gasteiger partial charge in [0.1, 0.15) is 5.75 Å². The average molecular weight is 353 g/mol. The molecule has 2 heterocycles. The van der Waals surface area contributed by atoms with Crippen LogP contribution in [-0.2, 0) is 20.3 Å². The van der Waals surface area contributed by atoms with Crippen LogP contribution in [0.3, 0.4) is 0 Å². The molecule has 7 heteroatoms. The highest BCUT2D eigenvalue weighted by atomic mass is 16.5. The second kappa shape index (κ2) is 7.43. The van der Waals surface area contributed by atoms with E-state index in [1.54, 1.807) is 39.8 Å². The Morgan fingerprint density at radius 1 is 1.23 bits per heavy atom. The predicted molar refractivity (Wildman–Crippen MR) is 97.8 cm³/mol. The smallest absolute Gasteiger partial charge is 0.274 e. The minimum Gasteiger partial charge on any atom is -0.471 e. The third-order valence-electron chi connectivity index (χ3n) is 4.40. The van der Waals surface area contributed by atoms with Gasteiger partial charge < -0.3 is 9.64 Å². The molecule has 0 bridgehead atoms. The van der Waals surface area contributed by atoms with E-state index in [1.165, 1.54) is 0 Å². The Kier molecular flexibility index (Phi) is 5.06. The van der Waals surface area contributed by atoms with Gasteiger partial charge in [0.15, 0.2) is 12.4 Å². The Morgan fingerprint density at radius 2 is 2.00 bits per heavy atom. The van der Waals surface area contributed by atoms with Gasteiger partial charge in [-0.1, -0.05) is 18.2 Å². The number of ether oxygens (including phenoxy) is 1. The molecule has 7 nitrogen and oxygen atoms in total. The quantitative estimate of drug-likeness (QED) is 0.683. The van der Waals surface area contributed by atoms with Crippen LogP contribution in [0.2, 0.25) is 0 Å². The van der Waals surface area contributed by atoms with Gasteiger partial charge in [-0.05, 0) is 31.5 Å². The lowest BCUT2D eigenvalue weighted by Crippen LogP contribution is -2.27. The van der Waals surface area contributed by atoms with Gasteiger partial charge in [0.25, 0.3) is 5.91 Å². The molecule has 0 saturated carbocycles. The molecule has 0 spiro atoms. The zero-order valence-electron chi connectivity index (χ0n) is 15.5. The molecule has 0 atom stereocenters. The number of carbonyl (C=O) groups excluding carboxylic acids is 1. The van der Waals surface area contributed by atoms with Crippen molar-refractivity contribution in [1.29, 1.82) is 0 Å². The average Bonchev–Trinajstić information content (AvgIpc) is 3.22. The number of para-hydroxylation sites is 1. The number of aryl methyl sites for hydroxylation is 2. The minimum absolute atomic E-state index is 0.136. The van der Waals surface area contributed by atoms with Crippen molar-refractivity contribution in [3.8, 4) is 5.75 Å². The van der Waals surface area contributed by atoms with Crippen LogP contribution in [0.15, 0.2) is 42.7 Å². The van der Waals surface area contributed by atoms with E-state index in [0.717, 1.165) is 22.6 Å². The molecule has 26 heavy (non-hydrogen) atoms. The Bertz CT molecular complexity index is 912. The Morgan fingerprint density at radius 3 is 2.69 bits per heavy atom. The number of amides is 1. The molecule has 0 radical (unpaired) electrons. The van der Waals surface area contributed by atoms with Gasteiger partial charge in [-0.15, -0.1) is 0 Å². The monoisotopic (exact) mass is 353 g/mol. The number of rotatable bonds is 6. The molecule has 1 amide bonds. The summed E-state index contributed by atoms with van der Waals surface area (Å²) < 4.78 is 9.17. The number of benzene rings is 1. The van der Waals surface area contributed by atoms with Crippen LogP contribution in [0.1, 0.15) is 27.3 Å². The van der Waals surface area contributed by atoms with Crippen molar-refractivity contribution in [2.75, 3.05) is 7.05 Å². The zero-order chi connectivity index (χ0) is 18.7. The number of hydrogen-bond acceptors (Lipinski definition) is 4. The molecule has 0 fully saturated rings. The third-order valence-corrected chi connectivity index (χ3v) is 4.40. The zero-order valence-corrected chi connectivity index (χ0v) is 15.5. The molecule has 0 aliphatic rings. The second-order valence-electron chi connectivity index (χ2n) is 6.32. The Hall–Kier alpha value is -3.09. The van der Waals surface area contributed by atoms with Crippen molar-refractivity contribution in [2.45, 2.75) is 27.1 Å². The molecule has 0 unspecified atom stereocenters. The standard InChI is InChI=1S/C19H23N5O2/c1-14-7-5-6-8-18(14)26-13-24-10-9-17(21-24)19(25)22(3)12-16-11-20-23(4)15(16)2/h5-11H,12-13H2,1-4H3. The molecule has 0 saturated heterocycles. The first kappa shape index (κ1) is 17.7. The first-order valence-corrected chi connectivity index (χ1v) is 8.40. The molecule has 1 aromatic carbocycles. The van der Waals surface area contributed by atoms with Gasteiger partial charge >= 0.3 is 0 Å². The summed E-state index contributed by atoms with van der Waals surface area (Å²) in [5.74, 6) is 0.669. The highest BCUT2D eigenvalue weighted by Gasteiger charge is 2.17. The van der Waals surface area contributed by atoms with Gasteiger partial charge in [-0.2, -0.15) is 10.2 Å². The molecule has 0 aliphatic carbocycles. The van der Waals surface area contributed by atoms with Crippen LogP contribution in [0.4, 0.5) is 0 Å². The molecular formula is C19H23N5O2. The lowest BCUT2D eigenvalue weighted by atomic mass is 10.2. The molecular weight excluding hydrogens is 330 g/mol. The number of carbonyl (C=O) groups is 1. The number of aromatic nitrogens is 4. The second-order valence-corrected chi connectivity index (χ2v) is 6.32. The highest BCUT2D eigenvalue weighted by molar-refractivity contribution is 5.91. The fraction of sp³-hybridized carbons (Fsp3) is 0.316. The van der Waals surface area contributed by atoms with Crippen LogP contribution in [-0.4, -0.2) is 37.4 Å². The van der Waals surface area contributed by atoms with E-state index < -0.39 is 0 Å². The summed E-state index contributed by atoms with van der Waals surface area (Å²) in [6, 6.07) is 9.50.